The van der Waals surface area contributed by atoms with Crippen LogP contribution in [0.4, 0.5) is 0 Å². The first-order valence-electron chi connectivity index (χ1n) is 4.29. The van der Waals surface area contributed by atoms with E-state index >= 15 is 0 Å². The van der Waals surface area contributed by atoms with Crippen LogP contribution in [-0.4, -0.2) is 10.2 Å². The van der Waals surface area contributed by atoms with Gasteiger partial charge in [0.15, 0.2) is 0 Å². The molecule has 1 aromatic rings. The van der Waals surface area contributed by atoms with Crippen LogP contribution in [0.25, 0.3) is 5.57 Å². The monoisotopic (exact) mass is 172 g/mol. The fraction of sp³-hybridized carbons (Fsp3) is 0.0909. The Bertz CT molecular complexity index is 333. The number of hydrogen-bond acceptors (Lipinski definition) is 0. The largest absolute Gasteiger partial charge is 0.0804 e. The Morgan fingerprint density at radius 3 is 2.42 bits per heavy atom. The molecule has 0 bridgehead atoms. The van der Waals surface area contributed by atoms with Gasteiger partial charge in [0.25, 0.3) is 0 Å². The first-order valence-corrected chi connectivity index (χ1v) is 5.29. The van der Waals surface area contributed by atoms with Gasteiger partial charge in [0.1, 0.15) is 0 Å². The molecule has 1 aromatic carbocycles. The maximum atomic E-state index is 2.25. The normalized spacial score (nSPS) is 16.0. The van der Waals surface area contributed by atoms with Crippen LogP contribution in [0.2, 0.25) is 0 Å². The maximum absolute atomic E-state index is 2.25. The molecule has 0 spiro atoms. The van der Waals surface area contributed by atoms with E-state index in [-0.39, 0.29) is 0 Å². The van der Waals surface area contributed by atoms with Gasteiger partial charge in [0.05, 0.1) is 0 Å². The summed E-state index contributed by atoms with van der Waals surface area (Å²) >= 11 is 0. The summed E-state index contributed by atoms with van der Waals surface area (Å²) in [6, 6.07) is 10.6. The van der Waals surface area contributed by atoms with Gasteiger partial charge in [0, 0.05) is 10.2 Å². The predicted octanol–water partition coefficient (Wildman–Crippen LogP) is 1.72. The SMILES string of the molecule is [SiH3]C1=C(c2ccccc2)C=CC1. The summed E-state index contributed by atoms with van der Waals surface area (Å²) in [5, 5.41) is 1.61. The zero-order valence-electron chi connectivity index (χ0n) is 7.25. The molecule has 0 fully saturated rings. The molecule has 0 amide bonds. The van der Waals surface area contributed by atoms with Crippen molar-refractivity contribution in [3.05, 3.63) is 53.2 Å². The molecule has 1 aliphatic carbocycles. The summed E-state index contributed by atoms with van der Waals surface area (Å²) in [6.07, 6.45) is 5.68. The van der Waals surface area contributed by atoms with Crippen LogP contribution in [0.15, 0.2) is 47.7 Å². The molecule has 1 heteroatoms. The van der Waals surface area contributed by atoms with E-state index in [4.69, 9.17) is 0 Å². The van der Waals surface area contributed by atoms with Gasteiger partial charge in [-0.1, -0.05) is 47.7 Å². The Morgan fingerprint density at radius 1 is 1.08 bits per heavy atom. The topological polar surface area (TPSA) is 0 Å². The molecule has 0 nitrogen and oxygen atoms in total. The van der Waals surface area contributed by atoms with Gasteiger partial charge in [-0.2, -0.15) is 0 Å². The van der Waals surface area contributed by atoms with Crippen LogP contribution < -0.4 is 0 Å². The molecule has 0 radical (unpaired) electrons. The molecule has 0 heterocycles. The van der Waals surface area contributed by atoms with Gasteiger partial charge in [-0.3, -0.25) is 0 Å². The lowest BCUT2D eigenvalue weighted by Gasteiger charge is -2.01. The van der Waals surface area contributed by atoms with Crippen molar-refractivity contribution in [3.63, 3.8) is 0 Å². The van der Waals surface area contributed by atoms with Crippen molar-refractivity contribution >= 4 is 15.8 Å². The Labute approximate surface area is 76.0 Å². The van der Waals surface area contributed by atoms with Gasteiger partial charge >= 0.3 is 0 Å². The summed E-state index contributed by atoms with van der Waals surface area (Å²) in [6.45, 7) is 0. The lowest BCUT2D eigenvalue weighted by molar-refractivity contribution is 1.41. The number of benzene rings is 1. The second-order valence-electron chi connectivity index (χ2n) is 3.17. The molecule has 0 saturated heterocycles. The third-order valence-electron chi connectivity index (χ3n) is 2.25. The number of rotatable bonds is 1. The summed E-state index contributed by atoms with van der Waals surface area (Å²) < 4.78 is 0. The Kier molecular flexibility index (Phi) is 1.96. The van der Waals surface area contributed by atoms with Gasteiger partial charge in [-0.15, -0.1) is 0 Å². The van der Waals surface area contributed by atoms with Crippen molar-refractivity contribution in [3.8, 4) is 0 Å². The highest BCUT2D eigenvalue weighted by molar-refractivity contribution is 6.26. The molecule has 60 valence electrons. The molecule has 0 atom stereocenters. The predicted molar refractivity (Wildman–Crippen MR) is 57.1 cm³/mol. The van der Waals surface area contributed by atoms with E-state index in [0.717, 1.165) is 0 Å². The zero-order chi connectivity index (χ0) is 8.39. The second-order valence-corrected chi connectivity index (χ2v) is 4.37. The molecule has 12 heavy (non-hydrogen) atoms. The van der Waals surface area contributed by atoms with E-state index in [2.05, 4.69) is 42.5 Å². The summed E-state index contributed by atoms with van der Waals surface area (Å²) in [4.78, 5) is 0. The quantitative estimate of drug-likeness (QED) is 0.566. The highest BCUT2D eigenvalue weighted by Crippen LogP contribution is 2.25. The second kappa shape index (κ2) is 3.11. The van der Waals surface area contributed by atoms with Gasteiger partial charge in [-0.05, 0) is 17.6 Å². The van der Waals surface area contributed by atoms with E-state index in [0.29, 0.717) is 0 Å². The molecule has 0 aliphatic heterocycles. The van der Waals surface area contributed by atoms with Crippen molar-refractivity contribution in [2.24, 2.45) is 0 Å². The van der Waals surface area contributed by atoms with Crippen LogP contribution in [0.1, 0.15) is 12.0 Å². The van der Waals surface area contributed by atoms with Crippen molar-refractivity contribution in [1.29, 1.82) is 0 Å². The zero-order valence-corrected chi connectivity index (χ0v) is 9.25. The molecular formula is C11H12Si. The smallest absolute Gasteiger partial charge is 0.0345 e. The van der Waals surface area contributed by atoms with Crippen molar-refractivity contribution in [2.45, 2.75) is 6.42 Å². The van der Waals surface area contributed by atoms with Crippen LogP contribution in [0.3, 0.4) is 0 Å². The van der Waals surface area contributed by atoms with E-state index in [1.807, 2.05) is 0 Å². The Balaban J connectivity index is 2.44. The first-order chi connectivity index (χ1) is 5.88. The van der Waals surface area contributed by atoms with Crippen LogP contribution in [0.5, 0.6) is 0 Å². The fourth-order valence-electron chi connectivity index (χ4n) is 1.57. The maximum Gasteiger partial charge on any atom is 0.0345 e. The summed E-state index contributed by atoms with van der Waals surface area (Å²) in [5.41, 5.74) is 2.83. The molecule has 0 unspecified atom stereocenters. The van der Waals surface area contributed by atoms with E-state index in [1.54, 1.807) is 5.20 Å². The van der Waals surface area contributed by atoms with Gasteiger partial charge in [-0.25, -0.2) is 0 Å². The van der Waals surface area contributed by atoms with Crippen molar-refractivity contribution < 1.29 is 0 Å². The summed E-state index contributed by atoms with van der Waals surface area (Å²) in [7, 11) is 1.19. The van der Waals surface area contributed by atoms with Crippen LogP contribution in [0, 0.1) is 0 Å². The van der Waals surface area contributed by atoms with Gasteiger partial charge in [0.2, 0.25) is 0 Å². The molecular weight excluding hydrogens is 160 g/mol. The molecule has 1 aliphatic rings. The molecule has 2 rings (SSSR count). The number of allylic oxidation sites excluding steroid dienone is 4. The van der Waals surface area contributed by atoms with E-state index < -0.39 is 0 Å². The van der Waals surface area contributed by atoms with E-state index in [9.17, 15) is 0 Å². The third kappa shape index (κ3) is 1.28. The standard InChI is InChI=1S/C11H12Si/c12-11-8-4-7-10(11)9-5-2-1-3-6-9/h1-7H,8H2,12H3. The third-order valence-corrected chi connectivity index (χ3v) is 3.20. The average molecular weight is 172 g/mol. The molecule has 0 N–H and O–H groups in total. The van der Waals surface area contributed by atoms with Crippen molar-refractivity contribution in [1.82, 2.24) is 0 Å². The van der Waals surface area contributed by atoms with Crippen molar-refractivity contribution in [2.75, 3.05) is 0 Å². The molecule has 0 aromatic heterocycles. The minimum Gasteiger partial charge on any atom is -0.0804 e. The van der Waals surface area contributed by atoms with E-state index in [1.165, 1.54) is 27.8 Å². The highest BCUT2D eigenvalue weighted by Gasteiger charge is 2.05. The van der Waals surface area contributed by atoms with Gasteiger partial charge < -0.3 is 0 Å². The fourth-order valence-corrected chi connectivity index (χ4v) is 2.26. The Hall–Kier alpha value is -1.08. The minimum absolute atomic E-state index is 1.18. The lowest BCUT2D eigenvalue weighted by Crippen LogP contribution is -1.83. The number of hydrogen-bond donors (Lipinski definition) is 0. The summed E-state index contributed by atoms with van der Waals surface area (Å²) in [5.74, 6) is 0. The minimum atomic E-state index is 1.18. The van der Waals surface area contributed by atoms with Crippen LogP contribution >= 0.6 is 0 Å². The first kappa shape index (κ1) is 7.56. The lowest BCUT2D eigenvalue weighted by atomic mass is 10.1. The average Bonchev–Trinajstić information content (AvgIpc) is 2.53. The molecule has 0 saturated carbocycles. The highest BCUT2D eigenvalue weighted by atomic mass is 28.1. The Morgan fingerprint density at radius 2 is 1.83 bits per heavy atom. The van der Waals surface area contributed by atoms with Crippen LogP contribution in [-0.2, 0) is 0 Å².